The van der Waals surface area contributed by atoms with E-state index in [0.29, 0.717) is 5.75 Å². The fourth-order valence-electron chi connectivity index (χ4n) is 2.32. The van der Waals surface area contributed by atoms with E-state index in [1.165, 1.54) is 26.4 Å². The first-order valence-corrected chi connectivity index (χ1v) is 8.05. The second-order valence-electron chi connectivity index (χ2n) is 5.69. The van der Waals surface area contributed by atoms with Gasteiger partial charge in [0.1, 0.15) is 18.1 Å². The Morgan fingerprint density at radius 2 is 1.78 bits per heavy atom. The number of methoxy groups -OCH3 is 2. The van der Waals surface area contributed by atoms with E-state index in [4.69, 9.17) is 14.2 Å². The van der Waals surface area contributed by atoms with E-state index >= 15 is 0 Å². The molecule has 1 N–H and O–H groups in total. The SMILES string of the molecule is COCCOc1ccc(C(F)(F)F)cc1NC(=O)c1ccc(C)c(OC)c1. The molecular weight excluding hydrogens is 363 g/mol. The average molecular weight is 383 g/mol. The van der Waals surface area contributed by atoms with Crippen LogP contribution in [0.4, 0.5) is 18.9 Å². The first-order chi connectivity index (χ1) is 12.8. The Bertz CT molecular complexity index is 806. The Labute approximate surface area is 155 Å². The molecule has 146 valence electrons. The van der Waals surface area contributed by atoms with Crippen LogP contribution in [0.25, 0.3) is 0 Å². The lowest BCUT2D eigenvalue weighted by Gasteiger charge is -2.15. The third-order valence-corrected chi connectivity index (χ3v) is 3.77. The number of rotatable bonds is 7. The second-order valence-corrected chi connectivity index (χ2v) is 5.69. The van der Waals surface area contributed by atoms with Gasteiger partial charge in [0.25, 0.3) is 5.91 Å². The van der Waals surface area contributed by atoms with Crippen LogP contribution in [0, 0.1) is 6.92 Å². The van der Waals surface area contributed by atoms with Gasteiger partial charge in [-0.15, -0.1) is 0 Å². The topological polar surface area (TPSA) is 56.8 Å². The van der Waals surface area contributed by atoms with E-state index in [1.54, 1.807) is 12.1 Å². The molecule has 0 aliphatic heterocycles. The molecule has 0 spiro atoms. The normalized spacial score (nSPS) is 11.2. The minimum atomic E-state index is -4.54. The number of carbonyl (C=O) groups excluding carboxylic acids is 1. The lowest BCUT2D eigenvalue weighted by Crippen LogP contribution is -2.15. The average Bonchev–Trinajstić information content (AvgIpc) is 2.62. The predicted octanol–water partition coefficient (Wildman–Crippen LogP) is 4.30. The summed E-state index contributed by atoms with van der Waals surface area (Å²) >= 11 is 0. The zero-order valence-corrected chi connectivity index (χ0v) is 15.1. The van der Waals surface area contributed by atoms with Crippen molar-refractivity contribution >= 4 is 11.6 Å². The smallest absolute Gasteiger partial charge is 0.416 e. The fraction of sp³-hybridized carbons (Fsp3) is 0.316. The molecule has 0 aliphatic rings. The molecule has 1 amide bonds. The third kappa shape index (κ3) is 5.37. The van der Waals surface area contributed by atoms with E-state index in [1.807, 2.05) is 6.92 Å². The van der Waals surface area contributed by atoms with Crippen molar-refractivity contribution < 1.29 is 32.2 Å². The van der Waals surface area contributed by atoms with Crippen LogP contribution < -0.4 is 14.8 Å². The van der Waals surface area contributed by atoms with Crippen LogP contribution in [-0.4, -0.2) is 33.3 Å². The van der Waals surface area contributed by atoms with Gasteiger partial charge >= 0.3 is 6.18 Å². The molecule has 2 aromatic rings. The van der Waals surface area contributed by atoms with Gasteiger partial charge in [0.05, 0.1) is 25.0 Å². The molecule has 0 aliphatic carbocycles. The van der Waals surface area contributed by atoms with Crippen molar-refractivity contribution in [2.45, 2.75) is 13.1 Å². The molecule has 0 radical (unpaired) electrons. The minimum Gasteiger partial charge on any atom is -0.496 e. The summed E-state index contributed by atoms with van der Waals surface area (Å²) in [6, 6.07) is 7.67. The van der Waals surface area contributed by atoms with Crippen molar-refractivity contribution in [1.82, 2.24) is 0 Å². The van der Waals surface area contributed by atoms with Crippen LogP contribution in [0.5, 0.6) is 11.5 Å². The maximum absolute atomic E-state index is 13.0. The van der Waals surface area contributed by atoms with E-state index in [-0.39, 0.29) is 30.2 Å². The Morgan fingerprint density at radius 3 is 2.41 bits per heavy atom. The van der Waals surface area contributed by atoms with Crippen LogP contribution in [0.15, 0.2) is 36.4 Å². The largest absolute Gasteiger partial charge is 0.496 e. The van der Waals surface area contributed by atoms with Gasteiger partial charge in [-0.05, 0) is 42.8 Å². The van der Waals surface area contributed by atoms with Crippen molar-refractivity contribution in [2.75, 3.05) is 32.8 Å². The van der Waals surface area contributed by atoms with Gasteiger partial charge in [0, 0.05) is 12.7 Å². The van der Waals surface area contributed by atoms with Crippen LogP contribution in [0.1, 0.15) is 21.5 Å². The molecule has 0 atom stereocenters. The van der Waals surface area contributed by atoms with Crippen molar-refractivity contribution in [3.8, 4) is 11.5 Å². The number of hydrogen-bond acceptors (Lipinski definition) is 4. The number of hydrogen-bond donors (Lipinski definition) is 1. The molecule has 27 heavy (non-hydrogen) atoms. The Kier molecular flexibility index (Phi) is 6.68. The van der Waals surface area contributed by atoms with Crippen LogP contribution in [0.3, 0.4) is 0 Å². The Morgan fingerprint density at radius 1 is 1.04 bits per heavy atom. The number of alkyl halides is 3. The Hall–Kier alpha value is -2.74. The molecule has 0 unspecified atom stereocenters. The summed E-state index contributed by atoms with van der Waals surface area (Å²) in [7, 11) is 2.95. The predicted molar refractivity (Wildman–Crippen MR) is 94.5 cm³/mol. The highest BCUT2D eigenvalue weighted by molar-refractivity contribution is 6.05. The zero-order chi connectivity index (χ0) is 20.0. The van der Waals surface area contributed by atoms with Crippen molar-refractivity contribution in [1.29, 1.82) is 0 Å². The molecule has 0 aromatic heterocycles. The number of benzene rings is 2. The number of nitrogens with one attached hydrogen (secondary N) is 1. The first-order valence-electron chi connectivity index (χ1n) is 8.05. The van der Waals surface area contributed by atoms with Gasteiger partial charge in [-0.3, -0.25) is 4.79 Å². The highest BCUT2D eigenvalue weighted by atomic mass is 19.4. The van der Waals surface area contributed by atoms with Gasteiger partial charge in [0.2, 0.25) is 0 Å². The molecule has 2 rings (SSSR count). The molecular formula is C19H20F3NO4. The molecule has 0 saturated heterocycles. The monoisotopic (exact) mass is 383 g/mol. The number of ether oxygens (including phenoxy) is 3. The van der Waals surface area contributed by atoms with E-state index < -0.39 is 17.6 Å². The maximum atomic E-state index is 13.0. The van der Waals surface area contributed by atoms with E-state index in [2.05, 4.69) is 5.32 Å². The quantitative estimate of drug-likeness (QED) is 0.725. The number of anilines is 1. The molecule has 5 nitrogen and oxygen atoms in total. The maximum Gasteiger partial charge on any atom is 0.416 e. The van der Waals surface area contributed by atoms with Gasteiger partial charge < -0.3 is 19.5 Å². The van der Waals surface area contributed by atoms with Crippen molar-refractivity contribution in [3.63, 3.8) is 0 Å². The summed E-state index contributed by atoms with van der Waals surface area (Å²) in [6.45, 7) is 2.20. The van der Waals surface area contributed by atoms with Crippen molar-refractivity contribution in [2.24, 2.45) is 0 Å². The molecule has 0 heterocycles. The van der Waals surface area contributed by atoms with Crippen LogP contribution in [-0.2, 0) is 10.9 Å². The number of halogens is 3. The second kappa shape index (κ2) is 8.77. The van der Waals surface area contributed by atoms with Gasteiger partial charge in [-0.1, -0.05) is 6.07 Å². The molecule has 2 aromatic carbocycles. The number of carbonyl (C=O) groups is 1. The van der Waals surface area contributed by atoms with Gasteiger partial charge in [-0.2, -0.15) is 13.2 Å². The lowest BCUT2D eigenvalue weighted by molar-refractivity contribution is -0.137. The fourth-order valence-corrected chi connectivity index (χ4v) is 2.32. The van der Waals surface area contributed by atoms with E-state index in [9.17, 15) is 18.0 Å². The third-order valence-electron chi connectivity index (χ3n) is 3.77. The van der Waals surface area contributed by atoms with E-state index in [0.717, 1.165) is 17.7 Å². The van der Waals surface area contributed by atoms with Crippen LogP contribution in [0.2, 0.25) is 0 Å². The molecule has 0 fully saturated rings. The zero-order valence-electron chi connectivity index (χ0n) is 15.1. The van der Waals surface area contributed by atoms with Gasteiger partial charge in [-0.25, -0.2) is 0 Å². The van der Waals surface area contributed by atoms with Crippen LogP contribution >= 0.6 is 0 Å². The number of aryl methyl sites for hydroxylation is 1. The molecule has 8 heteroatoms. The highest BCUT2D eigenvalue weighted by Gasteiger charge is 2.31. The summed E-state index contributed by atoms with van der Waals surface area (Å²) in [5, 5.41) is 2.48. The first kappa shape index (κ1) is 20.6. The highest BCUT2D eigenvalue weighted by Crippen LogP contribution is 2.35. The van der Waals surface area contributed by atoms with Crippen molar-refractivity contribution in [3.05, 3.63) is 53.1 Å². The minimum absolute atomic E-state index is 0.0783. The molecule has 0 saturated carbocycles. The standard InChI is InChI=1S/C19H20F3NO4/c1-12-4-5-13(10-17(12)26-3)18(24)23-15-11-14(19(20,21)22)6-7-16(15)27-9-8-25-2/h4-7,10-11H,8-9H2,1-3H3,(H,23,24). The Balaban J connectivity index is 2.32. The summed E-state index contributed by atoms with van der Waals surface area (Å²) in [6.07, 6.45) is -4.54. The molecule has 0 bridgehead atoms. The van der Waals surface area contributed by atoms with Gasteiger partial charge in [0.15, 0.2) is 0 Å². The summed E-state index contributed by atoms with van der Waals surface area (Å²) in [5.41, 5.74) is 0.109. The lowest BCUT2D eigenvalue weighted by atomic mass is 10.1. The summed E-state index contributed by atoms with van der Waals surface area (Å²) in [5.74, 6) is 0.0416. The number of amides is 1. The summed E-state index contributed by atoms with van der Waals surface area (Å²) in [4.78, 5) is 12.5. The summed E-state index contributed by atoms with van der Waals surface area (Å²) < 4.78 is 54.5.